The van der Waals surface area contributed by atoms with Crippen molar-refractivity contribution in [3.05, 3.63) is 47.7 Å². The lowest BCUT2D eigenvalue weighted by Crippen LogP contribution is -2.21. The molecule has 1 aromatic heterocycles. The normalized spacial score (nSPS) is 14.0. The highest BCUT2D eigenvalue weighted by molar-refractivity contribution is 6.02. The van der Waals surface area contributed by atoms with Gasteiger partial charge in [0.25, 0.3) is 5.91 Å². The minimum atomic E-state index is -0.225. The molecule has 1 aliphatic heterocycles. The Balaban J connectivity index is 1.59. The number of anilines is 2. The number of unbranched alkanes of at least 4 members (excludes halogenated alkanes) is 1. The number of nitrogens with one attached hydrogen (secondary N) is 1. The SMILES string of the molecule is CCCCc1ccc(NC(=O)c2ccc(N3CCCC3)nn2)cc1. The predicted octanol–water partition coefficient (Wildman–Crippen LogP) is 3.67. The first-order chi connectivity index (χ1) is 11.8. The molecule has 0 aliphatic carbocycles. The van der Waals surface area contributed by atoms with E-state index in [1.807, 2.05) is 18.2 Å². The maximum atomic E-state index is 12.3. The Morgan fingerprint density at radius 1 is 1.08 bits per heavy atom. The fourth-order valence-electron chi connectivity index (χ4n) is 2.89. The van der Waals surface area contributed by atoms with E-state index in [1.165, 1.54) is 31.2 Å². The van der Waals surface area contributed by atoms with E-state index in [0.717, 1.165) is 31.0 Å². The Hall–Kier alpha value is -2.43. The van der Waals surface area contributed by atoms with Crippen molar-refractivity contribution in [2.24, 2.45) is 0 Å². The van der Waals surface area contributed by atoms with Gasteiger partial charge in [0, 0.05) is 18.8 Å². The lowest BCUT2D eigenvalue weighted by atomic mass is 10.1. The number of aromatic nitrogens is 2. The first-order valence-electron chi connectivity index (χ1n) is 8.75. The number of rotatable bonds is 6. The predicted molar refractivity (Wildman–Crippen MR) is 96.5 cm³/mol. The third-order valence-corrected chi connectivity index (χ3v) is 4.34. The number of hydrogen-bond donors (Lipinski definition) is 1. The second-order valence-electron chi connectivity index (χ2n) is 6.23. The summed E-state index contributed by atoms with van der Waals surface area (Å²) in [6, 6.07) is 11.6. The Bertz CT molecular complexity index is 661. The molecule has 24 heavy (non-hydrogen) atoms. The third kappa shape index (κ3) is 4.10. The summed E-state index contributed by atoms with van der Waals surface area (Å²) in [4.78, 5) is 14.5. The summed E-state index contributed by atoms with van der Waals surface area (Å²) in [5.74, 6) is 0.626. The molecular weight excluding hydrogens is 300 g/mol. The molecule has 0 saturated carbocycles. The minimum absolute atomic E-state index is 0.225. The van der Waals surface area contributed by atoms with Crippen LogP contribution in [0.3, 0.4) is 0 Å². The first-order valence-corrected chi connectivity index (χ1v) is 8.75. The number of carbonyl (C=O) groups excluding carboxylic acids is 1. The summed E-state index contributed by atoms with van der Waals surface area (Å²) in [6.45, 7) is 4.22. The number of benzene rings is 1. The van der Waals surface area contributed by atoms with Crippen LogP contribution in [0, 0.1) is 0 Å². The van der Waals surface area contributed by atoms with Crippen LogP contribution in [0.2, 0.25) is 0 Å². The van der Waals surface area contributed by atoms with Gasteiger partial charge in [-0.15, -0.1) is 10.2 Å². The van der Waals surface area contributed by atoms with E-state index in [0.29, 0.717) is 5.69 Å². The van der Waals surface area contributed by atoms with Gasteiger partial charge in [0.2, 0.25) is 0 Å². The van der Waals surface area contributed by atoms with Crippen LogP contribution in [0.25, 0.3) is 0 Å². The molecule has 1 saturated heterocycles. The van der Waals surface area contributed by atoms with Gasteiger partial charge in [0.15, 0.2) is 11.5 Å². The van der Waals surface area contributed by atoms with Gasteiger partial charge in [-0.05, 0) is 55.5 Å². The second kappa shape index (κ2) is 7.90. The van der Waals surface area contributed by atoms with E-state index in [9.17, 15) is 4.79 Å². The van der Waals surface area contributed by atoms with Crippen LogP contribution in [-0.4, -0.2) is 29.2 Å². The van der Waals surface area contributed by atoms with Crippen LogP contribution in [0.4, 0.5) is 11.5 Å². The molecular formula is C19H24N4O. The molecule has 1 amide bonds. The number of aryl methyl sites for hydroxylation is 1. The summed E-state index contributed by atoms with van der Waals surface area (Å²) >= 11 is 0. The largest absolute Gasteiger partial charge is 0.355 e. The summed E-state index contributed by atoms with van der Waals surface area (Å²) in [5.41, 5.74) is 2.42. The van der Waals surface area contributed by atoms with Crippen molar-refractivity contribution in [2.75, 3.05) is 23.3 Å². The molecule has 0 atom stereocenters. The van der Waals surface area contributed by atoms with Crippen molar-refractivity contribution in [3.8, 4) is 0 Å². The highest BCUT2D eigenvalue weighted by atomic mass is 16.1. The van der Waals surface area contributed by atoms with Crippen molar-refractivity contribution in [3.63, 3.8) is 0 Å². The van der Waals surface area contributed by atoms with Crippen LogP contribution in [-0.2, 0) is 6.42 Å². The Morgan fingerprint density at radius 3 is 2.46 bits per heavy atom. The van der Waals surface area contributed by atoms with Gasteiger partial charge < -0.3 is 10.2 Å². The van der Waals surface area contributed by atoms with Crippen LogP contribution < -0.4 is 10.2 Å². The Labute approximate surface area is 143 Å². The maximum Gasteiger partial charge on any atom is 0.276 e. The molecule has 1 aliphatic rings. The fourth-order valence-corrected chi connectivity index (χ4v) is 2.89. The number of carbonyl (C=O) groups is 1. The quantitative estimate of drug-likeness (QED) is 0.881. The van der Waals surface area contributed by atoms with Crippen LogP contribution in [0.15, 0.2) is 36.4 Å². The van der Waals surface area contributed by atoms with E-state index in [4.69, 9.17) is 0 Å². The molecule has 3 rings (SSSR count). The lowest BCUT2D eigenvalue weighted by molar-refractivity contribution is 0.102. The molecule has 0 radical (unpaired) electrons. The number of amides is 1. The molecule has 1 fully saturated rings. The standard InChI is InChI=1S/C19H24N4O/c1-2-3-6-15-7-9-16(10-8-15)20-19(24)17-11-12-18(22-21-17)23-13-4-5-14-23/h7-12H,2-6,13-14H2,1H3,(H,20,24). The van der Waals surface area contributed by atoms with Crippen molar-refractivity contribution in [1.29, 1.82) is 0 Å². The average Bonchev–Trinajstić information content (AvgIpc) is 3.16. The Kier molecular flexibility index (Phi) is 5.41. The van der Waals surface area contributed by atoms with Crippen LogP contribution >= 0.6 is 0 Å². The molecule has 126 valence electrons. The molecule has 1 aromatic carbocycles. The van der Waals surface area contributed by atoms with E-state index < -0.39 is 0 Å². The van der Waals surface area contributed by atoms with E-state index in [2.05, 4.69) is 39.5 Å². The topological polar surface area (TPSA) is 58.1 Å². The van der Waals surface area contributed by atoms with Gasteiger partial charge in [-0.3, -0.25) is 4.79 Å². The van der Waals surface area contributed by atoms with Crippen LogP contribution in [0.5, 0.6) is 0 Å². The van der Waals surface area contributed by atoms with Crippen molar-refractivity contribution < 1.29 is 4.79 Å². The summed E-state index contributed by atoms with van der Waals surface area (Å²) in [7, 11) is 0. The van der Waals surface area contributed by atoms with Gasteiger partial charge in [-0.1, -0.05) is 25.5 Å². The zero-order valence-corrected chi connectivity index (χ0v) is 14.2. The van der Waals surface area contributed by atoms with Gasteiger partial charge in [-0.2, -0.15) is 0 Å². The van der Waals surface area contributed by atoms with Gasteiger partial charge >= 0.3 is 0 Å². The highest BCUT2D eigenvalue weighted by Crippen LogP contribution is 2.17. The highest BCUT2D eigenvalue weighted by Gasteiger charge is 2.15. The van der Waals surface area contributed by atoms with Gasteiger partial charge in [0.1, 0.15) is 0 Å². The van der Waals surface area contributed by atoms with E-state index in [-0.39, 0.29) is 5.91 Å². The monoisotopic (exact) mass is 324 g/mol. The molecule has 5 nitrogen and oxygen atoms in total. The van der Waals surface area contributed by atoms with Crippen molar-refractivity contribution >= 4 is 17.4 Å². The summed E-state index contributed by atoms with van der Waals surface area (Å²) in [6.07, 6.45) is 5.83. The lowest BCUT2D eigenvalue weighted by Gasteiger charge is -2.15. The Morgan fingerprint density at radius 2 is 1.83 bits per heavy atom. The van der Waals surface area contributed by atoms with Crippen LogP contribution in [0.1, 0.15) is 48.7 Å². The zero-order valence-electron chi connectivity index (χ0n) is 14.2. The minimum Gasteiger partial charge on any atom is -0.355 e. The molecule has 0 spiro atoms. The third-order valence-electron chi connectivity index (χ3n) is 4.34. The molecule has 1 N–H and O–H groups in total. The summed E-state index contributed by atoms with van der Waals surface area (Å²) < 4.78 is 0. The fraction of sp³-hybridized carbons (Fsp3) is 0.421. The zero-order chi connectivity index (χ0) is 16.8. The summed E-state index contributed by atoms with van der Waals surface area (Å²) in [5, 5.41) is 11.1. The molecule has 5 heteroatoms. The number of nitrogens with zero attached hydrogens (tertiary/aromatic N) is 3. The smallest absolute Gasteiger partial charge is 0.276 e. The molecule has 2 aromatic rings. The molecule has 2 heterocycles. The molecule has 0 unspecified atom stereocenters. The van der Waals surface area contributed by atoms with E-state index >= 15 is 0 Å². The van der Waals surface area contributed by atoms with Gasteiger partial charge in [-0.25, -0.2) is 0 Å². The maximum absolute atomic E-state index is 12.3. The van der Waals surface area contributed by atoms with Crippen molar-refractivity contribution in [2.45, 2.75) is 39.0 Å². The molecule has 0 bridgehead atoms. The second-order valence-corrected chi connectivity index (χ2v) is 6.23. The van der Waals surface area contributed by atoms with E-state index in [1.54, 1.807) is 6.07 Å². The number of hydrogen-bond acceptors (Lipinski definition) is 4. The first kappa shape index (κ1) is 16.4. The van der Waals surface area contributed by atoms with Crippen molar-refractivity contribution in [1.82, 2.24) is 10.2 Å². The van der Waals surface area contributed by atoms with Gasteiger partial charge in [0.05, 0.1) is 0 Å². The average molecular weight is 324 g/mol.